The second kappa shape index (κ2) is 10.1. The van der Waals surface area contributed by atoms with Crippen LogP contribution >= 0.6 is 27.7 Å². The van der Waals surface area contributed by atoms with E-state index in [9.17, 15) is 9.59 Å². The van der Waals surface area contributed by atoms with Crippen LogP contribution in [0, 0.1) is 0 Å². The minimum absolute atomic E-state index is 0.163. The number of nitrogens with zero attached hydrogens (tertiary/aromatic N) is 2. The van der Waals surface area contributed by atoms with Crippen molar-refractivity contribution in [2.24, 2.45) is 4.99 Å². The van der Waals surface area contributed by atoms with Crippen molar-refractivity contribution in [2.45, 2.75) is 6.61 Å². The molecular formula is C25H19BrN2O4S. The molecule has 3 aromatic rings. The van der Waals surface area contributed by atoms with Crippen molar-refractivity contribution in [1.82, 2.24) is 4.90 Å². The summed E-state index contributed by atoms with van der Waals surface area (Å²) in [5.41, 5.74) is 2.59. The van der Waals surface area contributed by atoms with Gasteiger partial charge in [-0.3, -0.25) is 9.69 Å². The fourth-order valence-electron chi connectivity index (χ4n) is 3.05. The number of amidine groups is 1. The quantitative estimate of drug-likeness (QED) is 0.404. The molecule has 0 saturated carbocycles. The number of rotatable bonds is 6. The molecule has 0 radical (unpaired) electrons. The summed E-state index contributed by atoms with van der Waals surface area (Å²) in [7, 11) is 1.66. The van der Waals surface area contributed by atoms with Crippen molar-refractivity contribution < 1.29 is 19.4 Å². The zero-order valence-electron chi connectivity index (χ0n) is 17.6. The normalized spacial score (nSPS) is 15.9. The number of hydrogen-bond donors (Lipinski definition) is 1. The van der Waals surface area contributed by atoms with Gasteiger partial charge in [0.1, 0.15) is 12.4 Å². The number of hydrogen-bond acceptors (Lipinski definition) is 5. The molecule has 33 heavy (non-hydrogen) atoms. The summed E-state index contributed by atoms with van der Waals surface area (Å²) in [6.07, 6.45) is 1.80. The fraction of sp³-hybridized carbons (Fsp3) is 0.0800. The molecule has 166 valence electrons. The van der Waals surface area contributed by atoms with Crippen LogP contribution in [0.5, 0.6) is 5.75 Å². The monoisotopic (exact) mass is 522 g/mol. The first-order valence-corrected chi connectivity index (χ1v) is 11.6. The minimum atomic E-state index is -0.997. The number of ether oxygens (including phenoxy) is 1. The van der Waals surface area contributed by atoms with Crippen molar-refractivity contribution in [1.29, 1.82) is 0 Å². The molecule has 1 N–H and O–H groups in total. The third kappa shape index (κ3) is 5.53. The summed E-state index contributed by atoms with van der Waals surface area (Å²) in [6, 6.07) is 21.7. The van der Waals surface area contributed by atoms with E-state index >= 15 is 0 Å². The molecule has 0 aliphatic carbocycles. The van der Waals surface area contributed by atoms with Crippen molar-refractivity contribution >= 4 is 56.5 Å². The number of carbonyl (C=O) groups is 2. The number of carboxylic acids is 1. The molecule has 0 atom stereocenters. The molecule has 1 aliphatic rings. The summed E-state index contributed by atoms with van der Waals surface area (Å²) in [5, 5.41) is 9.55. The highest BCUT2D eigenvalue weighted by molar-refractivity contribution is 9.10. The van der Waals surface area contributed by atoms with Gasteiger partial charge in [0.2, 0.25) is 0 Å². The van der Waals surface area contributed by atoms with E-state index in [-0.39, 0.29) is 11.5 Å². The molecule has 4 rings (SSSR count). The lowest BCUT2D eigenvalue weighted by atomic mass is 10.2. The van der Waals surface area contributed by atoms with E-state index in [1.54, 1.807) is 25.3 Å². The summed E-state index contributed by atoms with van der Waals surface area (Å²) in [4.78, 5) is 30.3. The zero-order chi connectivity index (χ0) is 23.4. The number of halogens is 1. The smallest absolute Gasteiger partial charge is 0.335 e. The summed E-state index contributed by atoms with van der Waals surface area (Å²) in [6.45, 7) is 0.410. The van der Waals surface area contributed by atoms with Gasteiger partial charge in [-0.2, -0.15) is 0 Å². The molecule has 1 aliphatic heterocycles. The van der Waals surface area contributed by atoms with Crippen molar-refractivity contribution in [3.05, 3.63) is 98.9 Å². The first kappa shape index (κ1) is 22.8. The number of benzene rings is 3. The average Bonchev–Trinajstić information content (AvgIpc) is 3.07. The van der Waals surface area contributed by atoms with Gasteiger partial charge in [0.25, 0.3) is 5.91 Å². The van der Waals surface area contributed by atoms with E-state index in [0.29, 0.717) is 28.1 Å². The topological polar surface area (TPSA) is 79.2 Å². The van der Waals surface area contributed by atoms with Gasteiger partial charge in [-0.05, 0) is 65.9 Å². The number of thioether (sulfide) groups is 1. The number of likely N-dealkylation sites (N-methyl/N-ethyl adjacent to an activating group) is 1. The Labute approximate surface area is 203 Å². The Hall–Kier alpha value is -3.36. The van der Waals surface area contributed by atoms with E-state index in [0.717, 1.165) is 15.6 Å². The Bertz CT molecular complexity index is 1250. The first-order chi connectivity index (χ1) is 15.9. The lowest BCUT2D eigenvalue weighted by Crippen LogP contribution is -2.23. The highest BCUT2D eigenvalue weighted by Gasteiger charge is 2.30. The lowest BCUT2D eigenvalue weighted by Gasteiger charge is -2.10. The third-order valence-electron chi connectivity index (χ3n) is 4.86. The van der Waals surface area contributed by atoms with Crippen molar-refractivity contribution in [3.8, 4) is 5.75 Å². The number of para-hydroxylation sites is 1. The predicted molar refractivity (Wildman–Crippen MR) is 134 cm³/mol. The van der Waals surface area contributed by atoms with E-state index < -0.39 is 5.97 Å². The molecule has 3 aromatic carbocycles. The molecule has 6 nitrogen and oxygen atoms in total. The molecule has 1 heterocycles. The van der Waals surface area contributed by atoms with Crippen molar-refractivity contribution in [2.75, 3.05) is 7.05 Å². The average molecular weight is 523 g/mol. The van der Waals surface area contributed by atoms with Crippen LogP contribution in [-0.4, -0.2) is 34.1 Å². The number of aromatic carboxylic acids is 1. The lowest BCUT2D eigenvalue weighted by molar-refractivity contribution is -0.121. The van der Waals surface area contributed by atoms with Crippen LogP contribution in [0.25, 0.3) is 6.08 Å². The Morgan fingerprint density at radius 2 is 1.79 bits per heavy atom. The van der Waals surface area contributed by atoms with Gasteiger partial charge in [-0.1, -0.05) is 46.3 Å². The highest BCUT2D eigenvalue weighted by atomic mass is 79.9. The van der Waals surface area contributed by atoms with Gasteiger partial charge in [-0.25, -0.2) is 9.79 Å². The standard InChI is InChI=1S/C25H19BrN2O4S/c1-28-23(29)22(33-25(28)27-20-12-8-17(9-13-20)24(30)31)14-18-4-2-3-5-21(18)32-15-16-6-10-19(26)11-7-16/h2-14H,15H2,1H3,(H,30,31)/b22-14-,27-25?. The van der Waals surface area contributed by atoms with Crippen LogP contribution in [0.1, 0.15) is 21.5 Å². The van der Waals surface area contributed by atoms with E-state index in [4.69, 9.17) is 9.84 Å². The maximum atomic E-state index is 12.8. The first-order valence-electron chi connectivity index (χ1n) is 9.96. The molecule has 0 spiro atoms. The van der Waals surface area contributed by atoms with Crippen LogP contribution in [0.15, 0.2) is 87.2 Å². The Morgan fingerprint density at radius 1 is 1.09 bits per heavy atom. The van der Waals surface area contributed by atoms with Crippen LogP contribution in [0.3, 0.4) is 0 Å². The summed E-state index contributed by atoms with van der Waals surface area (Å²) < 4.78 is 7.02. The zero-order valence-corrected chi connectivity index (χ0v) is 20.0. The second-order valence-electron chi connectivity index (χ2n) is 7.17. The van der Waals surface area contributed by atoms with Gasteiger partial charge in [0, 0.05) is 17.1 Å². The van der Waals surface area contributed by atoms with Crippen LogP contribution in [0.2, 0.25) is 0 Å². The Morgan fingerprint density at radius 3 is 2.48 bits per heavy atom. The van der Waals surface area contributed by atoms with Crippen molar-refractivity contribution in [3.63, 3.8) is 0 Å². The summed E-state index contributed by atoms with van der Waals surface area (Å²) >= 11 is 4.69. The van der Waals surface area contributed by atoms with Gasteiger partial charge in [-0.15, -0.1) is 0 Å². The second-order valence-corrected chi connectivity index (χ2v) is 9.10. The fourth-order valence-corrected chi connectivity index (χ4v) is 4.30. The number of carbonyl (C=O) groups excluding carboxylic acids is 1. The molecular weight excluding hydrogens is 504 g/mol. The minimum Gasteiger partial charge on any atom is -0.488 e. The number of amides is 1. The molecule has 0 aromatic heterocycles. The molecule has 8 heteroatoms. The van der Waals surface area contributed by atoms with E-state index in [2.05, 4.69) is 20.9 Å². The SMILES string of the molecule is CN1C(=O)/C(=C/c2ccccc2OCc2ccc(Br)cc2)SC1=Nc1ccc(C(=O)O)cc1. The van der Waals surface area contributed by atoms with Crippen LogP contribution in [0.4, 0.5) is 5.69 Å². The molecule has 0 unspecified atom stereocenters. The van der Waals surface area contributed by atoms with E-state index in [1.165, 1.54) is 28.8 Å². The molecule has 1 amide bonds. The number of aliphatic imine (C=N–C) groups is 1. The van der Waals surface area contributed by atoms with Gasteiger partial charge >= 0.3 is 5.97 Å². The van der Waals surface area contributed by atoms with Gasteiger partial charge in [0.05, 0.1) is 16.2 Å². The Balaban J connectivity index is 1.53. The maximum Gasteiger partial charge on any atom is 0.335 e. The maximum absolute atomic E-state index is 12.8. The third-order valence-corrected chi connectivity index (χ3v) is 6.44. The van der Waals surface area contributed by atoms with Crippen LogP contribution < -0.4 is 4.74 Å². The summed E-state index contributed by atoms with van der Waals surface area (Å²) in [5.74, 6) is -0.481. The van der Waals surface area contributed by atoms with Gasteiger partial charge < -0.3 is 9.84 Å². The molecule has 0 bridgehead atoms. The van der Waals surface area contributed by atoms with Gasteiger partial charge in [0.15, 0.2) is 5.17 Å². The highest BCUT2D eigenvalue weighted by Crippen LogP contribution is 2.35. The molecule has 1 saturated heterocycles. The van der Waals surface area contributed by atoms with E-state index in [1.807, 2.05) is 48.5 Å². The predicted octanol–water partition coefficient (Wildman–Crippen LogP) is 5.96. The van der Waals surface area contributed by atoms with Crippen LogP contribution in [-0.2, 0) is 11.4 Å². The largest absolute Gasteiger partial charge is 0.488 e. The Kier molecular flexibility index (Phi) is 6.96. The number of carboxylic acid groups (broad SMARTS) is 1. The molecule has 1 fully saturated rings.